The molecule has 1 rings (SSSR count). The van der Waals surface area contributed by atoms with Gasteiger partial charge in [-0.2, -0.15) is 10.2 Å². The molecule has 0 amide bonds. The Morgan fingerprint density at radius 2 is 1.75 bits per heavy atom. The van der Waals surface area contributed by atoms with Gasteiger partial charge in [0.25, 0.3) is 0 Å². The van der Waals surface area contributed by atoms with Crippen molar-refractivity contribution in [3.05, 3.63) is 24.5 Å². The Labute approximate surface area is 74.4 Å². The highest BCUT2D eigenvalue weighted by Gasteiger charge is 2.03. The summed E-state index contributed by atoms with van der Waals surface area (Å²) in [5.74, 6) is 0. The van der Waals surface area contributed by atoms with Gasteiger partial charge in [-0.05, 0) is 12.2 Å². The summed E-state index contributed by atoms with van der Waals surface area (Å²) in [6.45, 7) is 7.30. The smallest absolute Gasteiger partial charge is 0.245 e. The van der Waals surface area contributed by atoms with Crippen LogP contribution in [0.2, 0.25) is 0 Å². The largest absolute Gasteiger partial charge is 0.251 e. The van der Waals surface area contributed by atoms with Crippen molar-refractivity contribution in [3.8, 4) is 0 Å². The monoisotopic (exact) mass is 157 g/mol. The van der Waals surface area contributed by atoms with Gasteiger partial charge in [-0.25, -0.2) is 0 Å². The third-order valence-electron chi connectivity index (χ3n) is 1.52. The van der Waals surface area contributed by atoms with Crippen molar-refractivity contribution < 1.29 is 0 Å². The van der Waals surface area contributed by atoms with Gasteiger partial charge < -0.3 is 0 Å². The van der Waals surface area contributed by atoms with Gasteiger partial charge in [0, 0.05) is 0 Å². The number of hydrogen-bond donors (Lipinski definition) is 0. The lowest BCUT2D eigenvalue weighted by molar-refractivity contribution is 0.837. The van der Waals surface area contributed by atoms with Crippen molar-refractivity contribution in [2.45, 2.75) is 0 Å². The van der Waals surface area contributed by atoms with E-state index in [1.165, 1.54) is 0 Å². The first-order chi connectivity index (χ1) is 5.81. The van der Waals surface area contributed by atoms with Gasteiger partial charge in [-0.1, -0.05) is 13.2 Å². The number of rotatable bonds is 4. The van der Waals surface area contributed by atoms with Crippen molar-refractivity contribution in [1.29, 1.82) is 0 Å². The molecule has 0 atom stereocenters. The molecule has 6 heteroatoms. The SMILES string of the molecule is BBBn1nc(C=C)c(C=C)n1. The van der Waals surface area contributed by atoms with E-state index in [9.17, 15) is 0 Å². The molecular weight excluding hydrogens is 147 g/mol. The highest BCUT2D eigenvalue weighted by atomic mass is 15.4. The van der Waals surface area contributed by atoms with Crippen LogP contribution >= 0.6 is 0 Å². The van der Waals surface area contributed by atoms with Crippen LogP contribution in [0.4, 0.5) is 0 Å². The first-order valence-corrected chi connectivity index (χ1v) is 4.01. The van der Waals surface area contributed by atoms with Crippen molar-refractivity contribution in [1.82, 2.24) is 14.9 Å². The predicted molar refractivity (Wildman–Crippen MR) is 58.4 cm³/mol. The van der Waals surface area contributed by atoms with Gasteiger partial charge in [0.2, 0.25) is 7.31 Å². The second-order valence-electron chi connectivity index (χ2n) is 2.47. The first-order valence-electron chi connectivity index (χ1n) is 4.01. The molecule has 0 aliphatic rings. The fourth-order valence-corrected chi connectivity index (χ4v) is 0.964. The van der Waals surface area contributed by atoms with E-state index in [0.29, 0.717) is 0 Å². The van der Waals surface area contributed by atoms with Crippen LogP contribution in [0.3, 0.4) is 0 Å². The van der Waals surface area contributed by atoms with Gasteiger partial charge in [0.05, 0.1) is 14.8 Å². The van der Waals surface area contributed by atoms with Crippen LogP contribution in [-0.4, -0.2) is 37.0 Å². The van der Waals surface area contributed by atoms with Crippen molar-refractivity contribution in [3.63, 3.8) is 0 Å². The predicted octanol–water partition coefficient (Wildman–Crippen LogP) is -1.34. The maximum absolute atomic E-state index is 4.21. The summed E-state index contributed by atoms with van der Waals surface area (Å²) in [7, 11) is 3.96. The molecule has 0 spiro atoms. The first kappa shape index (κ1) is 8.91. The van der Waals surface area contributed by atoms with Crippen LogP contribution in [0, 0.1) is 0 Å². The molecule has 3 nitrogen and oxygen atoms in total. The summed E-state index contributed by atoms with van der Waals surface area (Å²) < 4.78 is 1.67. The maximum Gasteiger partial charge on any atom is 0.245 e. The third kappa shape index (κ3) is 1.70. The lowest BCUT2D eigenvalue weighted by atomic mass is 9.34. The molecule has 1 aromatic heterocycles. The van der Waals surface area contributed by atoms with Crippen LogP contribution < -0.4 is 0 Å². The highest BCUT2D eigenvalue weighted by molar-refractivity contribution is 7.23. The van der Waals surface area contributed by atoms with E-state index in [4.69, 9.17) is 0 Å². The van der Waals surface area contributed by atoms with E-state index < -0.39 is 0 Å². The van der Waals surface area contributed by atoms with Gasteiger partial charge in [0.15, 0.2) is 0 Å². The summed E-state index contributed by atoms with van der Waals surface area (Å²) in [6.07, 6.45) is 3.38. The van der Waals surface area contributed by atoms with E-state index in [1.54, 1.807) is 16.9 Å². The van der Waals surface area contributed by atoms with E-state index in [-0.39, 0.29) is 0 Å². The number of aromatic nitrogens is 3. The molecule has 1 heterocycles. The lowest BCUT2D eigenvalue weighted by Crippen LogP contribution is -2.17. The molecule has 0 aromatic carbocycles. The number of nitrogens with zero attached hydrogens (tertiary/aromatic N) is 3. The normalized spacial score (nSPS) is 9.00. The van der Waals surface area contributed by atoms with Gasteiger partial charge >= 0.3 is 0 Å². The zero-order valence-electron chi connectivity index (χ0n) is 7.32. The van der Waals surface area contributed by atoms with E-state index in [2.05, 4.69) is 31.1 Å². The van der Waals surface area contributed by atoms with Crippen LogP contribution in [0.25, 0.3) is 12.2 Å². The fourth-order valence-electron chi connectivity index (χ4n) is 0.964. The van der Waals surface area contributed by atoms with Crippen LogP contribution in [0.1, 0.15) is 11.4 Å². The topological polar surface area (TPSA) is 30.7 Å². The molecule has 0 unspecified atom stereocenters. The zero-order valence-corrected chi connectivity index (χ0v) is 7.32. The second kappa shape index (κ2) is 4.00. The van der Waals surface area contributed by atoms with Crippen LogP contribution in [-0.2, 0) is 0 Å². The van der Waals surface area contributed by atoms with E-state index in [0.717, 1.165) is 25.8 Å². The molecule has 0 saturated carbocycles. The standard InChI is InChI=1S/C6H10B3N3/c1-3-5-6(4-2)11-12(10-5)9-8-7/h3-4,8-9H,1-2,7H2. The fraction of sp³-hybridized carbons (Fsp3) is 0. The Morgan fingerprint density at radius 3 is 2.08 bits per heavy atom. The van der Waals surface area contributed by atoms with Gasteiger partial charge in [-0.15, -0.1) is 0 Å². The second-order valence-corrected chi connectivity index (χ2v) is 2.47. The molecule has 0 aliphatic carbocycles. The lowest BCUT2D eigenvalue weighted by Gasteiger charge is -1.89. The van der Waals surface area contributed by atoms with Crippen molar-refractivity contribution in [2.24, 2.45) is 0 Å². The highest BCUT2D eigenvalue weighted by Crippen LogP contribution is 2.04. The Hall–Kier alpha value is -1.19. The average Bonchev–Trinajstić information content (AvgIpc) is 2.48. The third-order valence-corrected chi connectivity index (χ3v) is 1.52. The molecule has 0 aliphatic heterocycles. The summed E-state index contributed by atoms with van der Waals surface area (Å²) in [5.41, 5.74) is 1.61. The quantitative estimate of drug-likeness (QED) is 0.506. The van der Waals surface area contributed by atoms with Crippen LogP contribution in [0.15, 0.2) is 13.2 Å². The summed E-state index contributed by atoms with van der Waals surface area (Å²) in [5, 5.41) is 8.41. The molecule has 58 valence electrons. The minimum atomic E-state index is 0.804. The Morgan fingerprint density at radius 1 is 1.25 bits per heavy atom. The summed E-state index contributed by atoms with van der Waals surface area (Å²) >= 11 is 0. The molecule has 0 fully saturated rings. The molecular formula is C6H10B3N3. The summed E-state index contributed by atoms with van der Waals surface area (Å²) in [6, 6.07) is 0. The Balaban J connectivity index is 2.96. The van der Waals surface area contributed by atoms with Gasteiger partial charge in [-0.3, -0.25) is 4.71 Å². The van der Waals surface area contributed by atoms with Crippen LogP contribution in [0.5, 0.6) is 0 Å². The summed E-state index contributed by atoms with van der Waals surface area (Å²) in [4.78, 5) is 0. The Kier molecular flexibility index (Phi) is 2.97. The Bertz CT molecular complexity index is 269. The molecule has 0 saturated heterocycles. The minimum absolute atomic E-state index is 0.804. The molecule has 1 aromatic rings. The van der Waals surface area contributed by atoms with Crippen molar-refractivity contribution in [2.75, 3.05) is 0 Å². The van der Waals surface area contributed by atoms with E-state index >= 15 is 0 Å². The molecule has 12 heavy (non-hydrogen) atoms. The minimum Gasteiger partial charge on any atom is -0.251 e. The molecule has 0 bridgehead atoms. The zero-order chi connectivity index (χ0) is 8.97. The maximum atomic E-state index is 4.21. The van der Waals surface area contributed by atoms with E-state index in [1.807, 2.05) is 0 Å². The number of hydrogen-bond acceptors (Lipinski definition) is 2. The molecule has 0 radical (unpaired) electrons. The van der Waals surface area contributed by atoms with Crippen molar-refractivity contribution >= 4 is 34.3 Å². The van der Waals surface area contributed by atoms with Gasteiger partial charge in [0.1, 0.15) is 11.4 Å². The average molecular weight is 157 g/mol. The molecule has 0 N–H and O–H groups in total.